The molecule has 1 aromatic carbocycles. The summed E-state index contributed by atoms with van der Waals surface area (Å²) in [6, 6.07) is 7.92. The maximum Gasteiger partial charge on any atom is 0.242 e. The van der Waals surface area contributed by atoms with Crippen LogP contribution in [0.15, 0.2) is 30.6 Å². The number of para-hydroxylation sites is 2. The van der Waals surface area contributed by atoms with Gasteiger partial charge in [-0.2, -0.15) is 0 Å². The molecular formula is C18H24N4O2. The fraction of sp³-hybridized carbons (Fsp3) is 0.556. The Morgan fingerprint density at radius 1 is 1.17 bits per heavy atom. The van der Waals surface area contributed by atoms with E-state index < -0.39 is 6.10 Å². The fourth-order valence-corrected chi connectivity index (χ4v) is 3.96. The zero-order valence-corrected chi connectivity index (χ0v) is 13.8. The number of hydrogen-bond acceptors (Lipinski definition) is 4. The minimum absolute atomic E-state index is 0.0525. The van der Waals surface area contributed by atoms with Gasteiger partial charge in [-0.1, -0.05) is 18.6 Å². The van der Waals surface area contributed by atoms with Crippen LogP contribution in [0.2, 0.25) is 0 Å². The average molecular weight is 328 g/mol. The molecule has 6 nitrogen and oxygen atoms in total. The molecule has 24 heavy (non-hydrogen) atoms. The van der Waals surface area contributed by atoms with Crippen LogP contribution in [0.25, 0.3) is 11.0 Å². The number of carbonyl (C=O) groups excluding carboxylic acids is 1. The molecule has 1 N–H and O–H groups in total. The molecule has 1 amide bonds. The summed E-state index contributed by atoms with van der Waals surface area (Å²) in [6.45, 7) is 3.42. The van der Waals surface area contributed by atoms with Crippen molar-refractivity contribution in [1.29, 1.82) is 0 Å². The Bertz CT molecular complexity index is 723. The van der Waals surface area contributed by atoms with Gasteiger partial charge >= 0.3 is 0 Å². The van der Waals surface area contributed by atoms with Crippen LogP contribution in [-0.2, 0) is 11.3 Å². The van der Waals surface area contributed by atoms with Crippen LogP contribution >= 0.6 is 0 Å². The molecule has 0 aliphatic carbocycles. The van der Waals surface area contributed by atoms with E-state index >= 15 is 0 Å². The number of fused-ring (bicyclic) bond motifs is 1. The highest BCUT2D eigenvalue weighted by molar-refractivity contribution is 5.80. The quantitative estimate of drug-likeness (QED) is 0.916. The van der Waals surface area contributed by atoms with Crippen LogP contribution in [-0.4, -0.2) is 68.7 Å². The van der Waals surface area contributed by atoms with Gasteiger partial charge in [0.05, 0.1) is 29.5 Å². The molecule has 2 aliphatic heterocycles. The largest absolute Gasteiger partial charge is 0.390 e. The predicted octanol–water partition coefficient (Wildman–Crippen LogP) is 1.09. The number of β-amino-alcohol motifs (C(OH)–C–C–N with tert-alkyl or cyclic N) is 1. The van der Waals surface area contributed by atoms with E-state index in [0.717, 1.165) is 24.1 Å². The van der Waals surface area contributed by atoms with E-state index in [4.69, 9.17) is 0 Å². The third-order valence-corrected chi connectivity index (χ3v) is 5.30. The number of carbonyl (C=O) groups is 1. The van der Waals surface area contributed by atoms with Crippen molar-refractivity contribution in [1.82, 2.24) is 19.4 Å². The Labute approximate surface area is 141 Å². The monoisotopic (exact) mass is 328 g/mol. The average Bonchev–Trinajstić information content (AvgIpc) is 3.20. The van der Waals surface area contributed by atoms with Crippen LogP contribution in [0, 0.1) is 0 Å². The number of benzene rings is 1. The molecule has 0 saturated carbocycles. The van der Waals surface area contributed by atoms with E-state index in [9.17, 15) is 9.90 Å². The topological polar surface area (TPSA) is 61.6 Å². The predicted molar refractivity (Wildman–Crippen MR) is 91.5 cm³/mol. The van der Waals surface area contributed by atoms with Crippen LogP contribution < -0.4 is 0 Å². The second-order valence-corrected chi connectivity index (χ2v) is 6.89. The molecule has 0 unspecified atom stereocenters. The second kappa shape index (κ2) is 6.53. The maximum atomic E-state index is 12.7. The Morgan fingerprint density at radius 3 is 2.79 bits per heavy atom. The Hall–Kier alpha value is -1.92. The van der Waals surface area contributed by atoms with Crippen molar-refractivity contribution in [2.24, 2.45) is 0 Å². The van der Waals surface area contributed by atoms with Gasteiger partial charge in [-0.3, -0.25) is 9.69 Å². The summed E-state index contributed by atoms with van der Waals surface area (Å²) in [7, 11) is 0. The summed E-state index contributed by atoms with van der Waals surface area (Å²) in [5.41, 5.74) is 1.87. The Kier molecular flexibility index (Phi) is 4.24. The van der Waals surface area contributed by atoms with Crippen molar-refractivity contribution in [3.05, 3.63) is 30.6 Å². The minimum Gasteiger partial charge on any atom is -0.390 e. The van der Waals surface area contributed by atoms with Gasteiger partial charge in [-0.15, -0.1) is 0 Å². The first-order valence-electron chi connectivity index (χ1n) is 8.82. The van der Waals surface area contributed by atoms with E-state index in [-0.39, 0.29) is 18.5 Å². The van der Waals surface area contributed by atoms with Crippen molar-refractivity contribution in [2.75, 3.05) is 26.2 Å². The highest BCUT2D eigenvalue weighted by Gasteiger charge is 2.37. The fourth-order valence-electron chi connectivity index (χ4n) is 3.96. The zero-order valence-electron chi connectivity index (χ0n) is 13.8. The Balaban J connectivity index is 1.43. The first-order valence-corrected chi connectivity index (χ1v) is 8.82. The molecule has 2 fully saturated rings. The SMILES string of the molecule is O=C(Cn1cnc2ccccc21)N1C[C@@H](O)[C@H](N2CCCCC2)C1. The Morgan fingerprint density at radius 2 is 1.96 bits per heavy atom. The van der Waals surface area contributed by atoms with Crippen molar-refractivity contribution < 1.29 is 9.90 Å². The standard InChI is InChI=1S/C18H24N4O2/c23-17-11-21(10-16(17)20-8-4-1-5-9-20)18(24)12-22-13-19-14-6-2-3-7-15(14)22/h2-3,6-7,13,16-17,23H,1,4-5,8-12H2/t16-,17-/m1/s1. The molecule has 2 aliphatic rings. The van der Waals surface area contributed by atoms with E-state index in [1.807, 2.05) is 28.8 Å². The lowest BCUT2D eigenvalue weighted by atomic mass is 10.1. The summed E-state index contributed by atoms with van der Waals surface area (Å²) in [4.78, 5) is 21.2. The second-order valence-electron chi connectivity index (χ2n) is 6.89. The van der Waals surface area contributed by atoms with E-state index in [1.165, 1.54) is 19.3 Å². The van der Waals surface area contributed by atoms with Gasteiger partial charge in [-0.05, 0) is 38.1 Å². The lowest BCUT2D eigenvalue weighted by Crippen LogP contribution is -2.46. The molecular weight excluding hydrogens is 304 g/mol. The number of aliphatic hydroxyl groups excluding tert-OH is 1. The molecule has 3 heterocycles. The summed E-state index contributed by atoms with van der Waals surface area (Å²) >= 11 is 0. The molecule has 2 aromatic rings. The summed E-state index contributed by atoms with van der Waals surface area (Å²) < 4.78 is 1.89. The number of imidazole rings is 1. The van der Waals surface area contributed by atoms with Gasteiger partial charge in [0.2, 0.25) is 5.91 Å². The van der Waals surface area contributed by atoms with Gasteiger partial charge in [0.15, 0.2) is 0 Å². The number of nitrogens with zero attached hydrogens (tertiary/aromatic N) is 4. The van der Waals surface area contributed by atoms with E-state index in [2.05, 4.69) is 9.88 Å². The molecule has 0 radical (unpaired) electrons. The molecule has 2 saturated heterocycles. The van der Waals surface area contributed by atoms with Crippen LogP contribution in [0.1, 0.15) is 19.3 Å². The lowest BCUT2D eigenvalue weighted by Gasteiger charge is -2.33. The summed E-state index contributed by atoms with van der Waals surface area (Å²) in [5, 5.41) is 10.4. The van der Waals surface area contributed by atoms with Gasteiger partial charge in [0.25, 0.3) is 0 Å². The first-order chi connectivity index (χ1) is 11.7. The summed E-state index contributed by atoms with van der Waals surface area (Å²) in [5.74, 6) is 0.0525. The third kappa shape index (κ3) is 2.91. The van der Waals surface area contributed by atoms with E-state index in [0.29, 0.717) is 13.1 Å². The van der Waals surface area contributed by atoms with Gasteiger partial charge in [0.1, 0.15) is 6.54 Å². The van der Waals surface area contributed by atoms with E-state index in [1.54, 1.807) is 11.2 Å². The van der Waals surface area contributed by atoms with Crippen LogP contribution in [0.4, 0.5) is 0 Å². The highest BCUT2D eigenvalue weighted by Crippen LogP contribution is 2.21. The molecule has 2 atom stereocenters. The van der Waals surface area contributed by atoms with Crippen molar-refractivity contribution >= 4 is 16.9 Å². The van der Waals surface area contributed by atoms with Crippen molar-refractivity contribution in [3.8, 4) is 0 Å². The number of piperidine rings is 1. The minimum atomic E-state index is -0.438. The smallest absolute Gasteiger partial charge is 0.242 e. The molecule has 6 heteroatoms. The highest BCUT2D eigenvalue weighted by atomic mass is 16.3. The molecule has 1 aromatic heterocycles. The first kappa shape index (κ1) is 15.6. The third-order valence-electron chi connectivity index (χ3n) is 5.30. The maximum absolute atomic E-state index is 12.7. The zero-order chi connectivity index (χ0) is 16.5. The molecule has 128 valence electrons. The molecule has 0 spiro atoms. The molecule has 4 rings (SSSR count). The number of amides is 1. The number of rotatable bonds is 3. The number of hydrogen-bond donors (Lipinski definition) is 1. The number of likely N-dealkylation sites (tertiary alicyclic amines) is 2. The number of aliphatic hydroxyl groups is 1. The lowest BCUT2D eigenvalue weighted by molar-refractivity contribution is -0.131. The van der Waals surface area contributed by atoms with Crippen molar-refractivity contribution in [2.45, 2.75) is 38.0 Å². The molecule has 0 bridgehead atoms. The van der Waals surface area contributed by atoms with Gasteiger partial charge in [0, 0.05) is 13.1 Å². The van der Waals surface area contributed by atoms with Crippen molar-refractivity contribution in [3.63, 3.8) is 0 Å². The van der Waals surface area contributed by atoms with Crippen LogP contribution in [0.3, 0.4) is 0 Å². The van der Waals surface area contributed by atoms with Crippen LogP contribution in [0.5, 0.6) is 0 Å². The van der Waals surface area contributed by atoms with Gasteiger partial charge < -0.3 is 14.6 Å². The van der Waals surface area contributed by atoms with Gasteiger partial charge in [-0.25, -0.2) is 4.98 Å². The summed E-state index contributed by atoms with van der Waals surface area (Å²) in [6.07, 6.45) is 4.94. The number of aromatic nitrogens is 2. The normalized spacial score (nSPS) is 25.5.